The lowest BCUT2D eigenvalue weighted by Gasteiger charge is -2.11. The Kier molecular flexibility index (Phi) is 5.69. The number of ether oxygens (including phenoxy) is 2. The highest BCUT2D eigenvalue weighted by atomic mass is 16.5. The van der Waals surface area contributed by atoms with E-state index in [9.17, 15) is 4.79 Å². The van der Waals surface area contributed by atoms with E-state index in [0.29, 0.717) is 37.4 Å². The number of carbonyl (C=O) groups excluding carboxylic acids is 1. The molecule has 0 aromatic heterocycles. The second-order valence-electron chi connectivity index (χ2n) is 3.33. The van der Waals surface area contributed by atoms with Crippen molar-refractivity contribution in [2.24, 2.45) is 0 Å². The Morgan fingerprint density at radius 3 is 2.71 bits per heavy atom. The highest BCUT2D eigenvalue weighted by Crippen LogP contribution is 2.09. The predicted octanol–water partition coefficient (Wildman–Crippen LogP) is -0.406. The molecule has 6 heteroatoms. The zero-order chi connectivity index (χ0) is 12.7. The van der Waals surface area contributed by atoms with E-state index in [1.165, 1.54) is 12.1 Å². The molecule has 0 atom stereocenters. The minimum atomic E-state index is -1.67. The molecular formula is C11H15BO5. The maximum atomic E-state index is 10.6. The summed E-state index contributed by atoms with van der Waals surface area (Å²) in [4.78, 5) is 10.6. The maximum Gasteiger partial charge on any atom is 0.492 e. The van der Waals surface area contributed by atoms with Gasteiger partial charge < -0.3 is 19.5 Å². The van der Waals surface area contributed by atoms with Gasteiger partial charge in [-0.2, -0.15) is 0 Å². The minimum absolute atomic E-state index is 0.172. The fraction of sp³-hybridized carbons (Fsp3) is 0.364. The lowest BCUT2D eigenvalue weighted by atomic mass is 9.79. The molecule has 0 saturated carbocycles. The van der Waals surface area contributed by atoms with E-state index >= 15 is 0 Å². The summed E-state index contributed by atoms with van der Waals surface area (Å²) in [7, 11) is -1.67. The van der Waals surface area contributed by atoms with Crippen LogP contribution in [0.5, 0.6) is 5.75 Å². The highest BCUT2D eigenvalue weighted by molar-refractivity contribution is 6.59. The topological polar surface area (TPSA) is 76.0 Å². The summed E-state index contributed by atoms with van der Waals surface area (Å²) < 4.78 is 10.4. The van der Waals surface area contributed by atoms with Crippen LogP contribution < -0.4 is 10.2 Å². The Hall–Kier alpha value is -1.37. The van der Waals surface area contributed by atoms with Crippen molar-refractivity contribution in [3.8, 4) is 5.75 Å². The van der Waals surface area contributed by atoms with Crippen LogP contribution in [0.15, 0.2) is 18.2 Å². The van der Waals surface area contributed by atoms with E-state index in [-0.39, 0.29) is 5.46 Å². The molecule has 0 saturated heterocycles. The van der Waals surface area contributed by atoms with E-state index in [0.717, 1.165) is 0 Å². The zero-order valence-corrected chi connectivity index (χ0v) is 9.63. The Balaban J connectivity index is 2.72. The van der Waals surface area contributed by atoms with Crippen molar-refractivity contribution in [2.75, 3.05) is 19.8 Å². The van der Waals surface area contributed by atoms with Crippen molar-refractivity contribution in [3.05, 3.63) is 23.8 Å². The van der Waals surface area contributed by atoms with Gasteiger partial charge in [0, 0.05) is 17.6 Å². The SMILES string of the molecule is CCOCCOc1ccc(C=O)cc1B(O)O. The normalized spacial score (nSPS) is 10.1. The molecule has 0 bridgehead atoms. The lowest BCUT2D eigenvalue weighted by Crippen LogP contribution is -2.32. The van der Waals surface area contributed by atoms with Gasteiger partial charge >= 0.3 is 7.12 Å². The summed E-state index contributed by atoms with van der Waals surface area (Å²) in [5.74, 6) is 0.338. The fourth-order valence-corrected chi connectivity index (χ4v) is 1.33. The Bertz CT molecular complexity index is 367. The molecule has 0 aliphatic rings. The smallest absolute Gasteiger partial charge is 0.492 e. The first-order chi connectivity index (χ1) is 8.19. The number of hydrogen-bond donors (Lipinski definition) is 2. The van der Waals surface area contributed by atoms with Gasteiger partial charge in [-0.1, -0.05) is 0 Å². The van der Waals surface area contributed by atoms with Gasteiger partial charge in [-0.15, -0.1) is 0 Å². The number of aldehydes is 1. The van der Waals surface area contributed by atoms with Crippen LogP contribution in [0.25, 0.3) is 0 Å². The Morgan fingerprint density at radius 2 is 2.12 bits per heavy atom. The van der Waals surface area contributed by atoms with Gasteiger partial charge in [-0.25, -0.2) is 0 Å². The summed E-state index contributed by atoms with van der Waals surface area (Å²) >= 11 is 0. The average Bonchev–Trinajstić information content (AvgIpc) is 2.34. The molecule has 0 heterocycles. The second kappa shape index (κ2) is 7.06. The summed E-state index contributed by atoms with van der Waals surface area (Å²) in [6.45, 7) is 3.21. The average molecular weight is 238 g/mol. The molecule has 0 amide bonds. The van der Waals surface area contributed by atoms with Gasteiger partial charge in [-0.3, -0.25) is 4.79 Å². The van der Waals surface area contributed by atoms with Crippen molar-refractivity contribution in [1.29, 1.82) is 0 Å². The lowest BCUT2D eigenvalue weighted by molar-refractivity contribution is 0.110. The standard InChI is InChI=1S/C11H15BO5/c1-2-16-5-6-17-11-4-3-9(8-13)7-10(11)12(14)15/h3-4,7-8,14-15H,2,5-6H2,1H3. The Labute approximate surface area is 100 Å². The molecule has 1 aromatic rings. The van der Waals surface area contributed by atoms with Crippen LogP contribution in [0.4, 0.5) is 0 Å². The van der Waals surface area contributed by atoms with Crippen LogP contribution in [-0.2, 0) is 4.74 Å². The van der Waals surface area contributed by atoms with Crippen molar-refractivity contribution < 1.29 is 24.3 Å². The van der Waals surface area contributed by atoms with E-state index in [2.05, 4.69) is 0 Å². The van der Waals surface area contributed by atoms with Gasteiger partial charge in [-0.05, 0) is 25.1 Å². The maximum absolute atomic E-state index is 10.6. The molecule has 0 spiro atoms. The minimum Gasteiger partial charge on any atom is -0.492 e. The number of carbonyl (C=O) groups is 1. The van der Waals surface area contributed by atoms with Crippen LogP contribution in [0.2, 0.25) is 0 Å². The molecular weight excluding hydrogens is 223 g/mol. The van der Waals surface area contributed by atoms with Gasteiger partial charge in [0.2, 0.25) is 0 Å². The Morgan fingerprint density at radius 1 is 1.35 bits per heavy atom. The first-order valence-electron chi connectivity index (χ1n) is 5.34. The van der Waals surface area contributed by atoms with E-state index in [1.807, 2.05) is 6.92 Å². The molecule has 0 unspecified atom stereocenters. The van der Waals surface area contributed by atoms with Crippen LogP contribution in [0, 0.1) is 0 Å². The molecule has 0 fully saturated rings. The largest absolute Gasteiger partial charge is 0.492 e. The fourth-order valence-electron chi connectivity index (χ4n) is 1.33. The van der Waals surface area contributed by atoms with Crippen molar-refractivity contribution in [3.63, 3.8) is 0 Å². The molecule has 0 aliphatic carbocycles. The molecule has 2 N–H and O–H groups in total. The highest BCUT2D eigenvalue weighted by Gasteiger charge is 2.17. The molecule has 0 aliphatic heterocycles. The van der Waals surface area contributed by atoms with Gasteiger partial charge in [0.05, 0.1) is 6.61 Å². The molecule has 1 rings (SSSR count). The zero-order valence-electron chi connectivity index (χ0n) is 9.63. The molecule has 5 nitrogen and oxygen atoms in total. The molecule has 92 valence electrons. The number of benzene rings is 1. The van der Waals surface area contributed by atoms with Crippen LogP contribution in [-0.4, -0.2) is 43.3 Å². The molecule has 17 heavy (non-hydrogen) atoms. The van der Waals surface area contributed by atoms with Crippen molar-refractivity contribution in [1.82, 2.24) is 0 Å². The van der Waals surface area contributed by atoms with Crippen molar-refractivity contribution >= 4 is 18.9 Å². The monoisotopic (exact) mass is 238 g/mol. The van der Waals surface area contributed by atoms with E-state index in [1.54, 1.807) is 6.07 Å². The number of rotatable bonds is 7. The van der Waals surface area contributed by atoms with Gasteiger partial charge in [0.25, 0.3) is 0 Å². The van der Waals surface area contributed by atoms with Gasteiger partial charge in [0.1, 0.15) is 18.6 Å². The summed E-state index contributed by atoms with van der Waals surface area (Å²) in [5.41, 5.74) is 0.538. The summed E-state index contributed by atoms with van der Waals surface area (Å²) in [6.07, 6.45) is 0.635. The summed E-state index contributed by atoms with van der Waals surface area (Å²) in [5, 5.41) is 18.3. The first-order valence-corrected chi connectivity index (χ1v) is 5.34. The van der Waals surface area contributed by atoms with E-state index in [4.69, 9.17) is 19.5 Å². The first kappa shape index (κ1) is 13.7. The predicted molar refractivity (Wildman–Crippen MR) is 63.6 cm³/mol. The van der Waals surface area contributed by atoms with Crippen LogP contribution >= 0.6 is 0 Å². The van der Waals surface area contributed by atoms with E-state index < -0.39 is 7.12 Å². The second-order valence-corrected chi connectivity index (χ2v) is 3.33. The van der Waals surface area contributed by atoms with Crippen LogP contribution in [0.1, 0.15) is 17.3 Å². The summed E-state index contributed by atoms with van der Waals surface area (Å²) in [6, 6.07) is 4.47. The third-order valence-corrected chi connectivity index (χ3v) is 2.14. The third-order valence-electron chi connectivity index (χ3n) is 2.14. The van der Waals surface area contributed by atoms with Crippen molar-refractivity contribution in [2.45, 2.75) is 6.92 Å². The van der Waals surface area contributed by atoms with Crippen LogP contribution in [0.3, 0.4) is 0 Å². The molecule has 1 aromatic carbocycles. The number of hydrogen-bond acceptors (Lipinski definition) is 5. The third kappa shape index (κ3) is 4.18. The molecule has 0 radical (unpaired) electrons. The van der Waals surface area contributed by atoms with Gasteiger partial charge in [0.15, 0.2) is 0 Å². The quantitative estimate of drug-likeness (QED) is 0.384.